The van der Waals surface area contributed by atoms with Crippen molar-refractivity contribution in [3.05, 3.63) is 102 Å². The van der Waals surface area contributed by atoms with Gasteiger partial charge in [0.2, 0.25) is 11.8 Å². The molecule has 7 rings (SSSR count). The third-order valence-corrected chi connectivity index (χ3v) is 8.73. The summed E-state index contributed by atoms with van der Waals surface area (Å²) in [5.74, 6) is -0.942. The van der Waals surface area contributed by atoms with Gasteiger partial charge in [0.25, 0.3) is 0 Å². The van der Waals surface area contributed by atoms with E-state index in [1.807, 2.05) is 17.0 Å². The smallest absolute Gasteiger partial charge is 0.228 e. The van der Waals surface area contributed by atoms with E-state index in [4.69, 9.17) is 0 Å². The SMILES string of the molecule is O=C(C1CC(=O)N(c2cccc(F)c2)C1)N1CCC(c2c[nH]c3ccccc23)(c2c[nH]c3ccccc23)CC1. The predicted molar refractivity (Wildman–Crippen MR) is 150 cm³/mol. The molecule has 2 N–H and O–H groups in total. The van der Waals surface area contributed by atoms with Gasteiger partial charge in [-0.05, 0) is 54.3 Å². The highest BCUT2D eigenvalue weighted by molar-refractivity contribution is 6.00. The topological polar surface area (TPSA) is 72.2 Å². The Bertz CT molecular complexity index is 1640. The van der Waals surface area contributed by atoms with Gasteiger partial charge in [0.15, 0.2) is 0 Å². The second kappa shape index (κ2) is 9.12. The molecule has 2 aliphatic heterocycles. The first-order valence-corrected chi connectivity index (χ1v) is 13.5. The van der Waals surface area contributed by atoms with E-state index in [2.05, 4.69) is 58.8 Å². The van der Waals surface area contributed by atoms with E-state index < -0.39 is 11.7 Å². The van der Waals surface area contributed by atoms with Crippen molar-refractivity contribution in [3.8, 4) is 0 Å². The average molecular weight is 521 g/mol. The number of nitrogens with zero attached hydrogens (tertiary/aromatic N) is 2. The lowest BCUT2D eigenvalue weighted by Gasteiger charge is -2.43. The summed E-state index contributed by atoms with van der Waals surface area (Å²) in [5, 5.41) is 2.41. The molecule has 1 atom stereocenters. The number of anilines is 1. The number of nitrogens with one attached hydrogen (secondary N) is 2. The minimum Gasteiger partial charge on any atom is -0.361 e. The molecule has 1 unspecified atom stereocenters. The van der Waals surface area contributed by atoms with Crippen LogP contribution in [0.2, 0.25) is 0 Å². The molecule has 0 bridgehead atoms. The van der Waals surface area contributed by atoms with Crippen molar-refractivity contribution in [2.45, 2.75) is 24.7 Å². The van der Waals surface area contributed by atoms with Gasteiger partial charge < -0.3 is 19.8 Å². The highest BCUT2D eigenvalue weighted by Gasteiger charge is 2.44. The Morgan fingerprint density at radius 3 is 2.08 bits per heavy atom. The number of aromatic amines is 2. The van der Waals surface area contributed by atoms with Crippen LogP contribution in [0.1, 0.15) is 30.4 Å². The Balaban J connectivity index is 1.18. The molecule has 0 aliphatic carbocycles. The maximum Gasteiger partial charge on any atom is 0.228 e. The van der Waals surface area contributed by atoms with Gasteiger partial charge in [-0.1, -0.05) is 42.5 Å². The fourth-order valence-electron chi connectivity index (χ4n) is 6.75. The van der Waals surface area contributed by atoms with E-state index >= 15 is 0 Å². The number of hydrogen-bond donors (Lipinski definition) is 2. The molecule has 0 spiro atoms. The standard InChI is InChI=1S/C32H29FN4O2/c33-22-6-5-7-23(17-22)37-20-21(16-30(37)38)31(39)36-14-12-32(13-15-36,26-18-34-28-10-3-1-8-24(26)28)27-19-35-29-11-4-2-9-25(27)29/h1-11,17-19,21,34-35H,12-16,20H2. The Morgan fingerprint density at radius 2 is 1.46 bits per heavy atom. The summed E-state index contributed by atoms with van der Waals surface area (Å²) in [6.07, 6.45) is 5.97. The summed E-state index contributed by atoms with van der Waals surface area (Å²) < 4.78 is 13.8. The molecule has 2 aromatic heterocycles. The number of aromatic nitrogens is 2. The molecule has 6 nitrogen and oxygen atoms in total. The van der Waals surface area contributed by atoms with Gasteiger partial charge in [-0.3, -0.25) is 9.59 Å². The molecule has 0 radical (unpaired) electrons. The van der Waals surface area contributed by atoms with Crippen LogP contribution in [0.3, 0.4) is 0 Å². The van der Waals surface area contributed by atoms with E-state index in [1.54, 1.807) is 12.1 Å². The van der Waals surface area contributed by atoms with E-state index in [0.29, 0.717) is 18.8 Å². The van der Waals surface area contributed by atoms with Crippen LogP contribution in [0.5, 0.6) is 0 Å². The Hall–Kier alpha value is -4.39. The molecular weight excluding hydrogens is 491 g/mol. The minimum atomic E-state index is -0.422. The normalized spacial score (nSPS) is 19.3. The van der Waals surface area contributed by atoms with E-state index in [0.717, 1.165) is 23.9 Å². The van der Waals surface area contributed by atoms with Crippen LogP contribution in [0.25, 0.3) is 21.8 Å². The summed E-state index contributed by atoms with van der Waals surface area (Å²) in [7, 11) is 0. The highest BCUT2D eigenvalue weighted by Crippen LogP contribution is 2.47. The summed E-state index contributed by atoms with van der Waals surface area (Å²) >= 11 is 0. The Morgan fingerprint density at radius 1 is 0.846 bits per heavy atom. The van der Waals surface area contributed by atoms with Crippen molar-refractivity contribution < 1.29 is 14.0 Å². The summed E-state index contributed by atoms with van der Waals surface area (Å²) in [6, 6.07) is 22.8. The average Bonchev–Trinajstić information content (AvgIpc) is 3.70. The molecule has 2 fully saturated rings. The summed E-state index contributed by atoms with van der Waals surface area (Å²) in [5.41, 5.74) is 4.95. The number of para-hydroxylation sites is 2. The lowest BCUT2D eigenvalue weighted by atomic mass is 9.67. The quantitative estimate of drug-likeness (QED) is 0.317. The van der Waals surface area contributed by atoms with Gasteiger partial charge in [0.05, 0.1) is 5.92 Å². The Labute approximate surface area is 225 Å². The number of piperidine rings is 1. The van der Waals surface area contributed by atoms with Crippen LogP contribution in [-0.2, 0) is 15.0 Å². The number of fused-ring (bicyclic) bond motifs is 2. The summed E-state index contributed by atoms with van der Waals surface area (Å²) in [4.78, 5) is 36.8. The Kier molecular flexibility index (Phi) is 5.54. The van der Waals surface area contributed by atoms with Crippen LogP contribution in [-0.4, -0.2) is 46.3 Å². The third kappa shape index (κ3) is 3.83. The molecule has 2 amide bonds. The van der Waals surface area contributed by atoms with Gasteiger partial charge in [-0.25, -0.2) is 4.39 Å². The zero-order valence-electron chi connectivity index (χ0n) is 21.5. The largest absolute Gasteiger partial charge is 0.361 e. The molecule has 0 saturated carbocycles. The number of rotatable bonds is 4. The minimum absolute atomic E-state index is 0.00806. The predicted octanol–water partition coefficient (Wildman–Crippen LogP) is 5.75. The molecule has 7 heteroatoms. The third-order valence-electron chi connectivity index (χ3n) is 8.73. The van der Waals surface area contributed by atoms with Gasteiger partial charge in [0, 0.05) is 71.4 Å². The second-order valence-electron chi connectivity index (χ2n) is 10.8. The molecule has 3 aromatic carbocycles. The fraction of sp³-hybridized carbons (Fsp3) is 0.250. The zero-order valence-corrected chi connectivity index (χ0v) is 21.5. The number of carbonyl (C=O) groups excluding carboxylic acids is 2. The maximum absolute atomic E-state index is 13.8. The van der Waals surface area contributed by atoms with Gasteiger partial charge in [0.1, 0.15) is 5.82 Å². The van der Waals surface area contributed by atoms with Crippen molar-refractivity contribution in [3.63, 3.8) is 0 Å². The monoisotopic (exact) mass is 520 g/mol. The van der Waals surface area contributed by atoms with Crippen molar-refractivity contribution in [1.29, 1.82) is 0 Å². The molecular formula is C32H29FN4O2. The van der Waals surface area contributed by atoms with Gasteiger partial charge in [-0.2, -0.15) is 0 Å². The van der Waals surface area contributed by atoms with Crippen LogP contribution in [0.4, 0.5) is 10.1 Å². The molecule has 2 saturated heterocycles. The molecule has 2 aliphatic rings. The molecule has 196 valence electrons. The zero-order chi connectivity index (χ0) is 26.6. The number of amides is 2. The van der Waals surface area contributed by atoms with Crippen LogP contribution in [0.15, 0.2) is 85.2 Å². The molecule has 5 aromatic rings. The number of benzene rings is 3. The molecule has 4 heterocycles. The number of H-pyrrole nitrogens is 2. The van der Waals surface area contributed by atoms with Gasteiger partial charge in [-0.15, -0.1) is 0 Å². The first kappa shape index (κ1) is 23.7. The first-order valence-electron chi connectivity index (χ1n) is 13.5. The van der Waals surface area contributed by atoms with Crippen LogP contribution in [0, 0.1) is 11.7 Å². The van der Waals surface area contributed by atoms with E-state index in [-0.39, 0.29) is 30.2 Å². The van der Waals surface area contributed by atoms with Gasteiger partial charge >= 0.3 is 0 Å². The van der Waals surface area contributed by atoms with Crippen molar-refractivity contribution in [1.82, 2.24) is 14.9 Å². The molecule has 39 heavy (non-hydrogen) atoms. The van der Waals surface area contributed by atoms with Crippen molar-refractivity contribution in [2.75, 3.05) is 24.5 Å². The van der Waals surface area contributed by atoms with E-state index in [1.165, 1.54) is 38.9 Å². The number of carbonyl (C=O) groups is 2. The maximum atomic E-state index is 13.8. The van der Waals surface area contributed by atoms with Crippen LogP contribution < -0.4 is 4.90 Å². The second-order valence-corrected chi connectivity index (χ2v) is 10.8. The lowest BCUT2D eigenvalue weighted by molar-refractivity contribution is -0.137. The van der Waals surface area contributed by atoms with Crippen LogP contribution >= 0.6 is 0 Å². The first-order chi connectivity index (χ1) is 19.0. The number of likely N-dealkylation sites (tertiary alicyclic amines) is 1. The lowest BCUT2D eigenvalue weighted by Crippen LogP contribution is -2.47. The fourth-order valence-corrected chi connectivity index (χ4v) is 6.75. The van der Waals surface area contributed by atoms with Crippen molar-refractivity contribution in [2.24, 2.45) is 5.92 Å². The highest BCUT2D eigenvalue weighted by atomic mass is 19.1. The number of hydrogen-bond acceptors (Lipinski definition) is 2. The van der Waals surface area contributed by atoms with Crippen molar-refractivity contribution >= 4 is 39.3 Å². The summed E-state index contributed by atoms with van der Waals surface area (Å²) in [6.45, 7) is 1.48. The van der Waals surface area contributed by atoms with E-state index in [9.17, 15) is 14.0 Å². The number of halogens is 1.